The average Bonchev–Trinajstić information content (AvgIpc) is 3.46. The zero-order valence-electron chi connectivity index (χ0n) is 22.3. The Balaban J connectivity index is 1.80. The first-order valence-corrected chi connectivity index (χ1v) is 15.9. The molecule has 0 saturated heterocycles. The lowest BCUT2D eigenvalue weighted by Gasteiger charge is -2.34. The van der Waals surface area contributed by atoms with E-state index in [1.165, 1.54) is 41.2 Å². The number of aromatic nitrogens is 2. The summed E-state index contributed by atoms with van der Waals surface area (Å²) >= 11 is 0. The summed E-state index contributed by atoms with van der Waals surface area (Å²) in [6.07, 6.45) is 13.6. The highest BCUT2D eigenvalue weighted by Crippen LogP contribution is 2.18. The number of imidazole rings is 1. The molecule has 5 heteroatoms. The van der Waals surface area contributed by atoms with Crippen molar-refractivity contribution >= 4 is 23.6 Å². The van der Waals surface area contributed by atoms with Gasteiger partial charge < -0.3 is 14.0 Å². The van der Waals surface area contributed by atoms with Gasteiger partial charge >= 0.3 is 0 Å². The Morgan fingerprint density at radius 1 is 0.676 bits per heavy atom. The highest BCUT2D eigenvalue weighted by atomic mass is 28.3. The molecule has 0 aliphatic heterocycles. The molecule has 0 aliphatic carbocycles. The van der Waals surface area contributed by atoms with Crippen LogP contribution in [0.1, 0.15) is 52.4 Å². The molecule has 4 nitrogen and oxygen atoms in total. The summed E-state index contributed by atoms with van der Waals surface area (Å²) in [4.78, 5) is 4.37. The van der Waals surface area contributed by atoms with Crippen molar-refractivity contribution in [2.45, 2.75) is 58.5 Å². The van der Waals surface area contributed by atoms with Crippen molar-refractivity contribution in [3.8, 4) is 11.5 Å². The molecule has 3 aromatic carbocycles. The summed E-state index contributed by atoms with van der Waals surface area (Å²) in [5.74, 6) is 1.89. The third-order valence-electron chi connectivity index (χ3n) is 6.93. The number of hydrogen-bond acceptors (Lipinski definition) is 3. The van der Waals surface area contributed by atoms with E-state index in [1.807, 2.05) is 12.5 Å². The molecule has 4 aromatic rings. The minimum absolute atomic E-state index is 0.750. The normalized spacial score (nSPS) is 11.4. The van der Waals surface area contributed by atoms with Crippen LogP contribution in [0.4, 0.5) is 0 Å². The van der Waals surface area contributed by atoms with Crippen LogP contribution in [0.25, 0.3) is 0 Å². The van der Waals surface area contributed by atoms with Gasteiger partial charge in [-0.25, -0.2) is 4.98 Å². The Labute approximate surface area is 223 Å². The predicted molar refractivity (Wildman–Crippen MR) is 156 cm³/mol. The Morgan fingerprint density at radius 3 is 1.76 bits per heavy atom. The molecule has 37 heavy (non-hydrogen) atoms. The second-order valence-corrected chi connectivity index (χ2v) is 13.5. The first kappa shape index (κ1) is 26.7. The summed E-state index contributed by atoms with van der Waals surface area (Å²) in [7, 11) is -2.54. The van der Waals surface area contributed by atoms with E-state index in [4.69, 9.17) is 9.47 Å². The third-order valence-corrected chi connectivity index (χ3v) is 11.7. The zero-order chi connectivity index (χ0) is 25.8. The van der Waals surface area contributed by atoms with Crippen LogP contribution in [0.15, 0.2) is 97.6 Å². The Bertz CT molecular complexity index is 1140. The summed E-state index contributed by atoms with van der Waals surface area (Å²) in [6.45, 7) is 5.94. The van der Waals surface area contributed by atoms with Crippen LogP contribution in [-0.4, -0.2) is 30.8 Å². The van der Waals surface area contributed by atoms with Crippen LogP contribution in [0, 0.1) is 0 Å². The molecule has 0 aliphatic rings. The Hall–Kier alpha value is -3.31. The van der Waals surface area contributed by atoms with Gasteiger partial charge in [0.1, 0.15) is 11.5 Å². The number of benzene rings is 3. The Kier molecular flexibility index (Phi) is 10.0. The van der Waals surface area contributed by atoms with Gasteiger partial charge in [-0.1, -0.05) is 94.1 Å². The van der Waals surface area contributed by atoms with Gasteiger partial charge in [0.25, 0.3) is 0 Å². The van der Waals surface area contributed by atoms with Crippen molar-refractivity contribution in [3.63, 3.8) is 0 Å². The largest absolute Gasteiger partial charge is 0.494 e. The quantitative estimate of drug-likeness (QED) is 0.116. The molecular weight excluding hydrogens is 472 g/mol. The smallest absolute Gasteiger partial charge is 0.168 e. The lowest BCUT2D eigenvalue weighted by Crippen LogP contribution is -2.69. The molecule has 194 valence electrons. The molecule has 0 unspecified atom stereocenters. The number of hydrogen-bond donors (Lipinski definition) is 0. The van der Waals surface area contributed by atoms with Gasteiger partial charge in [0, 0.05) is 18.6 Å². The standard InChI is InChI=1S/C32H40N2O2Si/c1-3-5-10-22-35-28-14-12-18-31(24-28)37(27-34-21-20-33-26-34,30-16-8-7-9-17-30)32-19-13-15-29(25-32)36-23-11-6-4-2/h7-9,12-21,24-26H,3-6,10-11,22-23,27H2,1-2H3. The van der Waals surface area contributed by atoms with E-state index < -0.39 is 8.07 Å². The fourth-order valence-corrected chi connectivity index (χ4v) is 9.52. The molecular formula is C32H40N2O2Si. The highest BCUT2D eigenvalue weighted by molar-refractivity contribution is 7.10. The van der Waals surface area contributed by atoms with E-state index in [-0.39, 0.29) is 0 Å². The maximum Gasteiger partial charge on any atom is 0.168 e. The lowest BCUT2D eigenvalue weighted by molar-refractivity contribution is 0.306. The molecule has 0 fully saturated rings. The van der Waals surface area contributed by atoms with Crippen molar-refractivity contribution < 1.29 is 9.47 Å². The van der Waals surface area contributed by atoms with Crippen molar-refractivity contribution in [2.75, 3.05) is 13.2 Å². The van der Waals surface area contributed by atoms with Crippen molar-refractivity contribution in [3.05, 3.63) is 97.6 Å². The number of nitrogens with zero attached hydrogens (tertiary/aromatic N) is 2. The van der Waals surface area contributed by atoms with E-state index in [1.54, 1.807) is 0 Å². The molecule has 1 aromatic heterocycles. The molecule has 0 spiro atoms. The van der Waals surface area contributed by atoms with Crippen LogP contribution in [0.2, 0.25) is 0 Å². The molecule has 0 atom stereocenters. The molecule has 0 N–H and O–H groups in total. The van der Waals surface area contributed by atoms with E-state index in [2.05, 4.69) is 108 Å². The zero-order valence-corrected chi connectivity index (χ0v) is 23.3. The Morgan fingerprint density at radius 2 is 1.24 bits per heavy atom. The fourth-order valence-electron chi connectivity index (χ4n) is 4.94. The minimum Gasteiger partial charge on any atom is -0.494 e. The number of rotatable bonds is 15. The van der Waals surface area contributed by atoms with Crippen LogP contribution in [-0.2, 0) is 6.17 Å². The van der Waals surface area contributed by atoms with Gasteiger partial charge in [0.2, 0.25) is 0 Å². The summed E-state index contributed by atoms with van der Waals surface area (Å²) in [6, 6.07) is 28.6. The molecule has 0 bridgehead atoms. The molecule has 0 radical (unpaired) electrons. The van der Waals surface area contributed by atoms with Crippen LogP contribution >= 0.6 is 0 Å². The molecule has 1 heterocycles. The van der Waals surface area contributed by atoms with Gasteiger partial charge in [-0.2, -0.15) is 0 Å². The topological polar surface area (TPSA) is 36.3 Å². The number of unbranched alkanes of at least 4 members (excludes halogenated alkanes) is 4. The van der Waals surface area contributed by atoms with Crippen LogP contribution in [0.3, 0.4) is 0 Å². The molecule has 0 saturated carbocycles. The van der Waals surface area contributed by atoms with Gasteiger partial charge in [0.15, 0.2) is 8.07 Å². The molecule has 0 amide bonds. The molecule has 4 rings (SSSR count). The SMILES string of the molecule is CCCCCOc1cccc([Si](Cn2ccnc2)(c2ccccc2)c2cccc(OCCCCC)c2)c1. The third kappa shape index (κ3) is 6.92. The van der Waals surface area contributed by atoms with Gasteiger partial charge in [-0.3, -0.25) is 0 Å². The van der Waals surface area contributed by atoms with Crippen LogP contribution in [0.5, 0.6) is 11.5 Å². The van der Waals surface area contributed by atoms with Crippen molar-refractivity contribution in [1.29, 1.82) is 0 Å². The van der Waals surface area contributed by atoms with Crippen molar-refractivity contribution in [1.82, 2.24) is 9.55 Å². The first-order chi connectivity index (χ1) is 18.3. The summed E-state index contributed by atoms with van der Waals surface area (Å²) in [5.41, 5.74) is 0. The second-order valence-electron chi connectivity index (χ2n) is 9.67. The lowest BCUT2D eigenvalue weighted by atomic mass is 10.3. The monoisotopic (exact) mass is 512 g/mol. The summed E-state index contributed by atoms with van der Waals surface area (Å²) in [5, 5.41) is 4.00. The van der Waals surface area contributed by atoms with E-state index >= 15 is 0 Å². The van der Waals surface area contributed by atoms with E-state index in [9.17, 15) is 0 Å². The maximum absolute atomic E-state index is 6.23. The fraction of sp³-hybridized carbons (Fsp3) is 0.344. The van der Waals surface area contributed by atoms with Gasteiger partial charge in [-0.15, -0.1) is 0 Å². The maximum atomic E-state index is 6.23. The summed E-state index contributed by atoms with van der Waals surface area (Å²) < 4.78 is 14.7. The second kappa shape index (κ2) is 13.8. The minimum atomic E-state index is -2.54. The number of ether oxygens (including phenoxy) is 2. The van der Waals surface area contributed by atoms with Gasteiger partial charge in [-0.05, 0) is 52.7 Å². The van der Waals surface area contributed by atoms with E-state index in [0.717, 1.165) is 43.7 Å². The highest BCUT2D eigenvalue weighted by Gasteiger charge is 2.40. The first-order valence-electron chi connectivity index (χ1n) is 13.7. The van der Waals surface area contributed by atoms with Crippen molar-refractivity contribution in [2.24, 2.45) is 0 Å². The average molecular weight is 513 g/mol. The van der Waals surface area contributed by atoms with Gasteiger partial charge in [0.05, 0.1) is 19.5 Å². The van der Waals surface area contributed by atoms with Crippen LogP contribution < -0.4 is 25.0 Å². The van der Waals surface area contributed by atoms with E-state index in [0.29, 0.717) is 0 Å². The predicted octanol–water partition coefficient (Wildman–Crippen LogP) is 5.73.